The van der Waals surface area contributed by atoms with Crippen molar-refractivity contribution >= 4 is 21.6 Å². The minimum Gasteiger partial charge on any atom is -0.394 e. The van der Waals surface area contributed by atoms with E-state index >= 15 is 0 Å². The van der Waals surface area contributed by atoms with Crippen LogP contribution in [-0.2, 0) is 11.2 Å². The third-order valence-electron chi connectivity index (χ3n) is 5.65. The van der Waals surface area contributed by atoms with Crippen LogP contribution in [0.25, 0.3) is 10.2 Å². The SMILES string of the molecule is Cc1ccc(C2OC(CO)[C@@H](O)C(C)[C@H]2O)cc1Cc1nc2ccccc2s1. The summed E-state index contributed by atoms with van der Waals surface area (Å²) in [4.78, 5) is 4.73. The molecule has 3 unspecified atom stereocenters. The zero-order valence-corrected chi connectivity index (χ0v) is 16.8. The predicted molar refractivity (Wildman–Crippen MR) is 109 cm³/mol. The highest BCUT2D eigenvalue weighted by Gasteiger charge is 2.42. The molecule has 0 saturated carbocycles. The van der Waals surface area contributed by atoms with Crippen molar-refractivity contribution in [1.82, 2.24) is 4.98 Å². The molecule has 148 valence electrons. The molecule has 4 rings (SSSR count). The van der Waals surface area contributed by atoms with Crippen molar-refractivity contribution in [3.8, 4) is 0 Å². The van der Waals surface area contributed by atoms with Gasteiger partial charge in [0.25, 0.3) is 0 Å². The molecule has 1 fully saturated rings. The second kappa shape index (κ2) is 7.89. The van der Waals surface area contributed by atoms with E-state index in [1.165, 1.54) is 4.70 Å². The summed E-state index contributed by atoms with van der Waals surface area (Å²) >= 11 is 1.69. The third-order valence-corrected chi connectivity index (χ3v) is 6.69. The summed E-state index contributed by atoms with van der Waals surface area (Å²) in [5.74, 6) is -0.384. The Labute approximate surface area is 168 Å². The quantitative estimate of drug-likeness (QED) is 0.628. The maximum Gasteiger partial charge on any atom is 0.109 e. The van der Waals surface area contributed by atoms with Gasteiger partial charge in [-0.15, -0.1) is 11.3 Å². The Bertz CT molecular complexity index is 937. The number of aliphatic hydroxyl groups excluding tert-OH is 3. The van der Waals surface area contributed by atoms with Crippen LogP contribution in [0.5, 0.6) is 0 Å². The molecule has 1 saturated heterocycles. The Kier molecular flexibility index (Phi) is 5.49. The second-order valence-corrected chi connectivity index (χ2v) is 8.67. The first-order valence-electron chi connectivity index (χ1n) is 9.54. The zero-order valence-electron chi connectivity index (χ0n) is 15.9. The Balaban J connectivity index is 1.63. The lowest BCUT2D eigenvalue weighted by Gasteiger charge is -2.41. The van der Waals surface area contributed by atoms with Crippen molar-refractivity contribution in [3.05, 3.63) is 64.2 Å². The lowest BCUT2D eigenvalue weighted by molar-refractivity contribution is -0.207. The van der Waals surface area contributed by atoms with Crippen molar-refractivity contribution < 1.29 is 20.1 Å². The Morgan fingerprint density at radius 3 is 2.64 bits per heavy atom. The average Bonchev–Trinajstić information content (AvgIpc) is 3.11. The van der Waals surface area contributed by atoms with Gasteiger partial charge >= 0.3 is 0 Å². The molecule has 1 aromatic heterocycles. The standard InChI is InChI=1S/C22H25NO4S/c1-12-7-8-14(22-21(26)13(2)20(25)17(11-24)27-22)9-15(12)10-19-23-16-5-3-4-6-18(16)28-19/h3-9,13,17,20-22,24-26H,10-11H2,1-2H3/t13?,17?,20-,21+,22?/m0/s1. The zero-order chi connectivity index (χ0) is 19.8. The topological polar surface area (TPSA) is 82.8 Å². The first-order valence-corrected chi connectivity index (χ1v) is 10.4. The van der Waals surface area contributed by atoms with Gasteiger partial charge in [0.15, 0.2) is 0 Å². The average molecular weight is 400 g/mol. The van der Waals surface area contributed by atoms with E-state index in [-0.39, 0.29) is 12.5 Å². The number of rotatable bonds is 4. The lowest BCUT2D eigenvalue weighted by atomic mass is 9.84. The molecule has 5 atom stereocenters. The lowest BCUT2D eigenvalue weighted by Crippen LogP contribution is -2.50. The van der Waals surface area contributed by atoms with Crippen LogP contribution in [0.2, 0.25) is 0 Å². The van der Waals surface area contributed by atoms with Gasteiger partial charge in [-0.3, -0.25) is 0 Å². The molecule has 0 spiro atoms. The molecule has 28 heavy (non-hydrogen) atoms. The van der Waals surface area contributed by atoms with Gasteiger partial charge in [0.2, 0.25) is 0 Å². The Hall–Kier alpha value is -1.83. The van der Waals surface area contributed by atoms with Crippen LogP contribution < -0.4 is 0 Å². The molecule has 1 aliphatic heterocycles. The van der Waals surface area contributed by atoms with Gasteiger partial charge in [0.05, 0.1) is 34.0 Å². The number of ether oxygens (including phenoxy) is 1. The minimum absolute atomic E-state index is 0.279. The largest absolute Gasteiger partial charge is 0.394 e. The number of aryl methyl sites for hydroxylation is 1. The van der Waals surface area contributed by atoms with Gasteiger partial charge in [-0.05, 0) is 35.7 Å². The summed E-state index contributed by atoms with van der Waals surface area (Å²) in [5.41, 5.74) is 4.15. The van der Waals surface area contributed by atoms with Crippen molar-refractivity contribution in [1.29, 1.82) is 0 Å². The van der Waals surface area contributed by atoms with E-state index in [1.807, 2.05) is 36.4 Å². The van der Waals surface area contributed by atoms with E-state index < -0.39 is 24.4 Å². The maximum atomic E-state index is 10.6. The van der Waals surface area contributed by atoms with Crippen LogP contribution in [0.3, 0.4) is 0 Å². The summed E-state index contributed by atoms with van der Waals surface area (Å²) in [7, 11) is 0. The Morgan fingerprint density at radius 1 is 1.11 bits per heavy atom. The van der Waals surface area contributed by atoms with E-state index in [0.717, 1.165) is 27.2 Å². The van der Waals surface area contributed by atoms with E-state index in [0.29, 0.717) is 6.42 Å². The number of aromatic nitrogens is 1. The summed E-state index contributed by atoms with van der Waals surface area (Å²) < 4.78 is 7.02. The number of benzene rings is 2. The predicted octanol–water partition coefficient (Wildman–Crippen LogP) is 2.99. The van der Waals surface area contributed by atoms with Gasteiger partial charge in [0, 0.05) is 12.3 Å². The molecule has 0 radical (unpaired) electrons. The van der Waals surface area contributed by atoms with E-state index in [1.54, 1.807) is 18.3 Å². The normalized spacial score (nSPS) is 28.0. The fraction of sp³-hybridized carbons (Fsp3) is 0.409. The number of nitrogens with zero attached hydrogens (tertiary/aromatic N) is 1. The first kappa shape index (κ1) is 19.5. The summed E-state index contributed by atoms with van der Waals surface area (Å²) in [5, 5.41) is 31.4. The summed E-state index contributed by atoms with van der Waals surface area (Å²) in [6, 6.07) is 14.1. The monoisotopic (exact) mass is 399 g/mol. The van der Waals surface area contributed by atoms with Gasteiger partial charge < -0.3 is 20.1 Å². The summed E-state index contributed by atoms with van der Waals surface area (Å²) in [6.07, 6.45) is -2.29. The minimum atomic E-state index is -0.885. The molecule has 6 heteroatoms. The summed E-state index contributed by atoms with van der Waals surface area (Å²) in [6.45, 7) is 3.57. The molecule has 0 amide bonds. The maximum absolute atomic E-state index is 10.6. The number of fused-ring (bicyclic) bond motifs is 1. The smallest absolute Gasteiger partial charge is 0.109 e. The highest BCUT2D eigenvalue weighted by atomic mass is 32.1. The van der Waals surface area contributed by atoms with Crippen LogP contribution in [0.4, 0.5) is 0 Å². The highest BCUT2D eigenvalue weighted by Crippen LogP contribution is 2.36. The molecule has 1 aliphatic rings. The van der Waals surface area contributed by atoms with Crippen LogP contribution in [0, 0.1) is 12.8 Å². The second-order valence-electron chi connectivity index (χ2n) is 7.56. The molecule has 0 bridgehead atoms. The highest BCUT2D eigenvalue weighted by molar-refractivity contribution is 7.18. The van der Waals surface area contributed by atoms with Crippen LogP contribution in [-0.4, -0.2) is 45.2 Å². The molecule has 3 N–H and O–H groups in total. The number of hydrogen-bond acceptors (Lipinski definition) is 6. The molecular weight excluding hydrogens is 374 g/mol. The Morgan fingerprint density at radius 2 is 1.89 bits per heavy atom. The van der Waals surface area contributed by atoms with E-state index in [9.17, 15) is 15.3 Å². The van der Waals surface area contributed by atoms with Crippen LogP contribution in [0.15, 0.2) is 42.5 Å². The fourth-order valence-electron chi connectivity index (χ4n) is 3.81. The van der Waals surface area contributed by atoms with Crippen LogP contribution in [0.1, 0.15) is 34.7 Å². The van der Waals surface area contributed by atoms with Crippen molar-refractivity contribution in [2.24, 2.45) is 5.92 Å². The fourth-order valence-corrected chi connectivity index (χ4v) is 4.80. The van der Waals surface area contributed by atoms with Crippen molar-refractivity contribution in [2.45, 2.75) is 44.7 Å². The number of hydrogen-bond donors (Lipinski definition) is 3. The molecular formula is C22H25NO4S. The number of para-hydroxylation sites is 1. The van der Waals surface area contributed by atoms with Gasteiger partial charge in [-0.25, -0.2) is 4.98 Å². The van der Waals surface area contributed by atoms with Gasteiger partial charge in [-0.1, -0.05) is 37.3 Å². The van der Waals surface area contributed by atoms with E-state index in [4.69, 9.17) is 9.72 Å². The van der Waals surface area contributed by atoms with Crippen molar-refractivity contribution in [3.63, 3.8) is 0 Å². The molecule has 0 aliphatic carbocycles. The molecule has 3 aromatic rings. The molecule has 5 nitrogen and oxygen atoms in total. The molecule has 2 heterocycles. The van der Waals surface area contributed by atoms with Gasteiger partial charge in [0.1, 0.15) is 12.2 Å². The van der Waals surface area contributed by atoms with E-state index in [2.05, 4.69) is 13.0 Å². The first-order chi connectivity index (χ1) is 13.5. The third kappa shape index (κ3) is 3.58. The number of aliphatic hydroxyl groups is 3. The van der Waals surface area contributed by atoms with Gasteiger partial charge in [-0.2, -0.15) is 0 Å². The molecule has 2 aromatic carbocycles. The van der Waals surface area contributed by atoms with Crippen LogP contribution >= 0.6 is 11.3 Å². The van der Waals surface area contributed by atoms with Crippen molar-refractivity contribution in [2.75, 3.05) is 6.61 Å². The number of thiazole rings is 1.